The van der Waals surface area contributed by atoms with Crippen LogP contribution in [-0.2, 0) is 11.3 Å². The van der Waals surface area contributed by atoms with E-state index in [1.54, 1.807) is 28.8 Å². The molecule has 0 radical (unpaired) electrons. The van der Waals surface area contributed by atoms with Crippen molar-refractivity contribution in [1.29, 1.82) is 0 Å². The van der Waals surface area contributed by atoms with Gasteiger partial charge in [-0.1, -0.05) is 6.07 Å². The molecule has 1 aromatic carbocycles. The molecule has 8 heteroatoms. The summed E-state index contributed by atoms with van der Waals surface area (Å²) in [5, 5.41) is 0. The minimum atomic E-state index is -0.132. The second-order valence-corrected chi connectivity index (χ2v) is 7.27. The van der Waals surface area contributed by atoms with Crippen molar-refractivity contribution < 1.29 is 9.59 Å². The highest BCUT2D eigenvalue weighted by atomic mass is 32.1. The first-order chi connectivity index (χ1) is 12.0. The summed E-state index contributed by atoms with van der Waals surface area (Å²) in [7, 11) is 5.30. The van der Waals surface area contributed by atoms with Crippen molar-refractivity contribution in [2.75, 3.05) is 34.2 Å². The predicted octanol–water partition coefficient (Wildman–Crippen LogP) is 2.04. The number of fused-ring (bicyclic) bond motifs is 1. The van der Waals surface area contributed by atoms with Crippen molar-refractivity contribution in [2.24, 2.45) is 5.92 Å². The Hall–Kier alpha value is -2.22. The van der Waals surface area contributed by atoms with Gasteiger partial charge in [0, 0.05) is 40.8 Å². The maximum atomic E-state index is 12.8. The van der Waals surface area contributed by atoms with Crippen LogP contribution in [0.1, 0.15) is 18.4 Å². The second kappa shape index (κ2) is 7.35. The predicted molar refractivity (Wildman–Crippen MR) is 97.3 cm³/mol. The van der Waals surface area contributed by atoms with Crippen LogP contribution in [-0.4, -0.2) is 69.6 Å². The highest BCUT2D eigenvalue weighted by Gasteiger charge is 2.30. The maximum absolute atomic E-state index is 12.8. The van der Waals surface area contributed by atoms with Crippen LogP contribution < -0.4 is 0 Å². The molecule has 2 heterocycles. The third-order valence-electron chi connectivity index (χ3n) is 4.54. The summed E-state index contributed by atoms with van der Waals surface area (Å²) in [4.78, 5) is 30.0. The molecule has 0 bridgehead atoms. The fourth-order valence-electron chi connectivity index (χ4n) is 3.22. The van der Waals surface area contributed by atoms with Gasteiger partial charge in [0.25, 0.3) is 0 Å². The molecule has 0 N–H and O–H groups in total. The number of hydrogen-bond donors (Lipinski definition) is 0. The maximum Gasteiger partial charge on any atom is 0.319 e. The molecule has 3 amide bonds. The van der Waals surface area contributed by atoms with Crippen LogP contribution in [0.2, 0.25) is 0 Å². The van der Waals surface area contributed by atoms with Crippen molar-refractivity contribution in [1.82, 2.24) is 23.4 Å². The second-order valence-electron chi connectivity index (χ2n) is 6.74. The highest BCUT2D eigenvalue weighted by molar-refractivity contribution is 7.00. The summed E-state index contributed by atoms with van der Waals surface area (Å²) in [6, 6.07) is 5.87. The summed E-state index contributed by atoms with van der Waals surface area (Å²) >= 11 is 1.19. The fraction of sp³-hybridized carbons (Fsp3) is 0.529. The number of hydrogen-bond acceptors (Lipinski definition) is 5. The van der Waals surface area contributed by atoms with Gasteiger partial charge in [-0.15, -0.1) is 0 Å². The Bertz CT molecular complexity index is 775. The van der Waals surface area contributed by atoms with Crippen molar-refractivity contribution in [2.45, 2.75) is 19.4 Å². The van der Waals surface area contributed by atoms with E-state index >= 15 is 0 Å². The lowest BCUT2D eigenvalue weighted by Crippen LogP contribution is -2.48. The minimum Gasteiger partial charge on any atom is -0.341 e. The van der Waals surface area contributed by atoms with E-state index in [4.69, 9.17) is 0 Å². The van der Waals surface area contributed by atoms with Gasteiger partial charge in [-0.25, -0.2) is 4.79 Å². The Morgan fingerprint density at radius 1 is 1.24 bits per heavy atom. The zero-order valence-corrected chi connectivity index (χ0v) is 15.6. The van der Waals surface area contributed by atoms with E-state index in [2.05, 4.69) is 8.75 Å². The van der Waals surface area contributed by atoms with E-state index in [1.807, 2.05) is 25.2 Å². The third-order valence-corrected chi connectivity index (χ3v) is 5.09. The number of carbonyl (C=O) groups is 2. The van der Waals surface area contributed by atoms with Crippen LogP contribution in [0.5, 0.6) is 0 Å². The molecule has 0 aliphatic carbocycles. The van der Waals surface area contributed by atoms with E-state index in [-0.39, 0.29) is 17.9 Å². The van der Waals surface area contributed by atoms with Gasteiger partial charge in [-0.05, 0) is 30.5 Å². The summed E-state index contributed by atoms with van der Waals surface area (Å²) < 4.78 is 8.44. The zero-order chi connectivity index (χ0) is 18.0. The molecule has 1 aromatic heterocycles. The largest absolute Gasteiger partial charge is 0.341 e. The number of urea groups is 1. The van der Waals surface area contributed by atoms with Crippen molar-refractivity contribution >= 4 is 34.7 Å². The number of amides is 3. The molecule has 1 fully saturated rings. The number of benzene rings is 1. The Kier molecular flexibility index (Phi) is 5.17. The summed E-state index contributed by atoms with van der Waals surface area (Å²) in [5.41, 5.74) is 2.78. The van der Waals surface area contributed by atoms with E-state index in [1.165, 1.54) is 11.7 Å². The number of carbonyl (C=O) groups excluding carboxylic acids is 2. The average Bonchev–Trinajstić information content (AvgIpc) is 3.08. The molecular weight excluding hydrogens is 338 g/mol. The molecule has 7 nitrogen and oxygen atoms in total. The lowest BCUT2D eigenvalue weighted by Gasteiger charge is -2.35. The van der Waals surface area contributed by atoms with Crippen LogP contribution in [0.25, 0.3) is 11.0 Å². The van der Waals surface area contributed by atoms with Crippen molar-refractivity contribution in [3.05, 3.63) is 23.8 Å². The molecule has 25 heavy (non-hydrogen) atoms. The first-order valence-corrected chi connectivity index (χ1v) is 9.11. The lowest BCUT2D eigenvalue weighted by atomic mass is 9.96. The first-order valence-electron chi connectivity index (χ1n) is 8.38. The fourth-order valence-corrected chi connectivity index (χ4v) is 3.74. The first kappa shape index (κ1) is 17.6. The molecule has 1 aliphatic heterocycles. The van der Waals surface area contributed by atoms with Crippen LogP contribution in [0.15, 0.2) is 18.2 Å². The molecule has 2 aromatic rings. The van der Waals surface area contributed by atoms with E-state index < -0.39 is 0 Å². The van der Waals surface area contributed by atoms with Gasteiger partial charge in [0.05, 0.1) is 17.6 Å². The average molecular weight is 361 g/mol. The van der Waals surface area contributed by atoms with Crippen molar-refractivity contribution in [3.63, 3.8) is 0 Å². The number of piperidine rings is 1. The quantitative estimate of drug-likeness (QED) is 0.839. The molecule has 1 saturated heterocycles. The molecule has 1 atom stereocenters. The smallest absolute Gasteiger partial charge is 0.319 e. The summed E-state index contributed by atoms with van der Waals surface area (Å²) in [6.45, 7) is 1.75. The Labute approximate surface area is 151 Å². The molecule has 134 valence electrons. The zero-order valence-electron chi connectivity index (χ0n) is 14.8. The minimum absolute atomic E-state index is 0.0263. The van der Waals surface area contributed by atoms with E-state index in [0.29, 0.717) is 13.1 Å². The SMILES string of the molecule is CN(C)C(=O)N1CCC[C@@H](C(=O)N(C)Cc2ccc3nsnc3c2)C1. The third kappa shape index (κ3) is 3.89. The number of rotatable bonds is 3. The summed E-state index contributed by atoms with van der Waals surface area (Å²) in [5.74, 6) is -0.0416. The van der Waals surface area contributed by atoms with E-state index in [0.717, 1.165) is 36.0 Å². The number of aromatic nitrogens is 2. The van der Waals surface area contributed by atoms with Crippen LogP contribution in [0, 0.1) is 5.92 Å². The van der Waals surface area contributed by atoms with Gasteiger partial charge in [-0.2, -0.15) is 8.75 Å². The molecule has 0 spiro atoms. The molecule has 1 aliphatic rings. The number of likely N-dealkylation sites (tertiary alicyclic amines) is 1. The van der Waals surface area contributed by atoms with Gasteiger partial charge in [0.1, 0.15) is 11.0 Å². The topological polar surface area (TPSA) is 69.6 Å². The van der Waals surface area contributed by atoms with Gasteiger partial charge >= 0.3 is 6.03 Å². The molecule has 0 unspecified atom stereocenters. The van der Waals surface area contributed by atoms with Crippen LogP contribution >= 0.6 is 11.7 Å². The van der Waals surface area contributed by atoms with Gasteiger partial charge in [-0.3, -0.25) is 4.79 Å². The molecular formula is C17H23N5O2S. The number of nitrogens with zero attached hydrogens (tertiary/aromatic N) is 5. The van der Waals surface area contributed by atoms with Crippen LogP contribution in [0.4, 0.5) is 4.79 Å². The highest BCUT2D eigenvalue weighted by Crippen LogP contribution is 2.21. The van der Waals surface area contributed by atoms with Crippen LogP contribution in [0.3, 0.4) is 0 Å². The van der Waals surface area contributed by atoms with Crippen molar-refractivity contribution in [3.8, 4) is 0 Å². The summed E-state index contributed by atoms with van der Waals surface area (Å²) in [6.07, 6.45) is 1.69. The normalized spacial score (nSPS) is 17.6. The standard InChI is InChI=1S/C17H23N5O2S/c1-20(2)17(24)22-8-4-5-13(11-22)16(23)21(3)10-12-6-7-14-15(9-12)19-25-18-14/h6-7,9,13H,4-5,8,10-11H2,1-3H3/t13-/m1/s1. The Morgan fingerprint density at radius 2 is 2.00 bits per heavy atom. The molecule has 3 rings (SSSR count). The van der Waals surface area contributed by atoms with Gasteiger partial charge < -0.3 is 14.7 Å². The Balaban J connectivity index is 1.64. The van der Waals surface area contributed by atoms with Gasteiger partial charge in [0.2, 0.25) is 5.91 Å². The monoisotopic (exact) mass is 361 g/mol. The van der Waals surface area contributed by atoms with E-state index in [9.17, 15) is 9.59 Å². The Morgan fingerprint density at radius 3 is 2.76 bits per heavy atom. The lowest BCUT2D eigenvalue weighted by molar-refractivity contribution is -0.136. The van der Waals surface area contributed by atoms with Gasteiger partial charge in [0.15, 0.2) is 0 Å². The molecule has 0 saturated carbocycles.